The zero-order valence-corrected chi connectivity index (χ0v) is 11.3. The maximum atomic E-state index is 9.71. The predicted octanol–water partition coefficient (Wildman–Crippen LogP) is 3.53. The van der Waals surface area contributed by atoms with Crippen LogP contribution in [0.25, 0.3) is 0 Å². The number of aromatic nitrogens is 2. The number of nitrogens with zero attached hydrogens (tertiary/aromatic N) is 2. The lowest BCUT2D eigenvalue weighted by Gasteiger charge is -2.08. The van der Waals surface area contributed by atoms with Gasteiger partial charge in [0.15, 0.2) is 0 Å². The van der Waals surface area contributed by atoms with Gasteiger partial charge in [0.25, 0.3) is 0 Å². The van der Waals surface area contributed by atoms with E-state index in [1.54, 1.807) is 6.07 Å². The highest BCUT2D eigenvalue weighted by atomic mass is 35.5. The molecule has 18 heavy (non-hydrogen) atoms. The molecule has 0 bridgehead atoms. The van der Waals surface area contributed by atoms with Crippen molar-refractivity contribution in [1.82, 2.24) is 9.78 Å². The Morgan fingerprint density at radius 2 is 2.06 bits per heavy atom. The van der Waals surface area contributed by atoms with Gasteiger partial charge in [-0.1, -0.05) is 23.2 Å². The quantitative estimate of drug-likeness (QED) is 0.845. The van der Waals surface area contributed by atoms with Crippen LogP contribution in [0.15, 0.2) is 24.4 Å². The SMILES string of the molecule is CCn1ccc(CNc2cc(Cl)c(Cl)cc2O)n1. The molecule has 0 aliphatic carbocycles. The summed E-state index contributed by atoms with van der Waals surface area (Å²) in [6.07, 6.45) is 1.91. The van der Waals surface area contributed by atoms with E-state index in [0.717, 1.165) is 12.2 Å². The number of anilines is 1. The van der Waals surface area contributed by atoms with Crippen molar-refractivity contribution in [3.63, 3.8) is 0 Å². The van der Waals surface area contributed by atoms with Gasteiger partial charge in [0.2, 0.25) is 0 Å². The van der Waals surface area contributed by atoms with Crippen LogP contribution in [0.2, 0.25) is 10.0 Å². The molecular weight excluding hydrogens is 273 g/mol. The van der Waals surface area contributed by atoms with Gasteiger partial charge in [0, 0.05) is 18.8 Å². The number of hydrogen-bond donors (Lipinski definition) is 2. The molecule has 2 N–H and O–H groups in total. The Bertz CT molecular complexity index is 554. The van der Waals surface area contributed by atoms with Gasteiger partial charge in [-0.25, -0.2) is 0 Å². The molecule has 0 aliphatic rings. The van der Waals surface area contributed by atoms with Crippen LogP contribution in [-0.2, 0) is 13.1 Å². The van der Waals surface area contributed by atoms with Crippen LogP contribution in [0.4, 0.5) is 5.69 Å². The summed E-state index contributed by atoms with van der Waals surface area (Å²) in [6, 6.07) is 4.93. The summed E-state index contributed by atoms with van der Waals surface area (Å²) in [7, 11) is 0. The topological polar surface area (TPSA) is 50.1 Å². The van der Waals surface area contributed by atoms with Crippen molar-refractivity contribution < 1.29 is 5.11 Å². The molecule has 1 aromatic carbocycles. The van der Waals surface area contributed by atoms with Crippen molar-refractivity contribution in [2.24, 2.45) is 0 Å². The molecule has 0 fully saturated rings. The molecule has 0 unspecified atom stereocenters. The number of aromatic hydroxyl groups is 1. The van der Waals surface area contributed by atoms with Crippen molar-refractivity contribution in [3.05, 3.63) is 40.1 Å². The Hall–Kier alpha value is -1.39. The monoisotopic (exact) mass is 285 g/mol. The van der Waals surface area contributed by atoms with E-state index in [1.165, 1.54) is 6.07 Å². The number of benzene rings is 1. The van der Waals surface area contributed by atoms with Crippen molar-refractivity contribution in [3.8, 4) is 5.75 Å². The van der Waals surface area contributed by atoms with Crippen LogP contribution in [-0.4, -0.2) is 14.9 Å². The second-order valence-corrected chi connectivity index (χ2v) is 4.61. The Morgan fingerprint density at radius 1 is 1.33 bits per heavy atom. The van der Waals surface area contributed by atoms with Crippen LogP contribution < -0.4 is 5.32 Å². The molecule has 0 saturated carbocycles. The number of hydrogen-bond acceptors (Lipinski definition) is 3. The van der Waals surface area contributed by atoms with Gasteiger partial charge in [-0.05, 0) is 19.1 Å². The van der Waals surface area contributed by atoms with Gasteiger partial charge in [0.1, 0.15) is 5.75 Å². The van der Waals surface area contributed by atoms with Crippen molar-refractivity contribution in [2.75, 3.05) is 5.32 Å². The van der Waals surface area contributed by atoms with Gasteiger partial charge in [-0.15, -0.1) is 0 Å². The van der Waals surface area contributed by atoms with Crippen LogP contribution in [0, 0.1) is 0 Å². The molecule has 0 radical (unpaired) electrons. The van der Waals surface area contributed by atoms with Gasteiger partial charge in [-0.2, -0.15) is 5.10 Å². The largest absolute Gasteiger partial charge is 0.506 e. The molecule has 1 aromatic heterocycles. The molecule has 0 amide bonds. The van der Waals surface area contributed by atoms with Crippen LogP contribution in [0.3, 0.4) is 0 Å². The maximum absolute atomic E-state index is 9.71. The summed E-state index contributed by atoms with van der Waals surface area (Å²) in [4.78, 5) is 0. The van der Waals surface area contributed by atoms with E-state index in [2.05, 4.69) is 10.4 Å². The third-order valence-electron chi connectivity index (χ3n) is 2.52. The normalized spacial score (nSPS) is 10.6. The number of phenols is 1. The summed E-state index contributed by atoms with van der Waals surface area (Å²) in [5.41, 5.74) is 1.43. The van der Waals surface area contributed by atoms with Crippen LogP contribution in [0.1, 0.15) is 12.6 Å². The van der Waals surface area contributed by atoms with E-state index in [-0.39, 0.29) is 5.75 Å². The molecule has 1 heterocycles. The Labute approximate surface area is 115 Å². The molecule has 0 saturated heterocycles. The molecule has 2 aromatic rings. The first-order valence-electron chi connectivity index (χ1n) is 5.54. The molecule has 4 nitrogen and oxygen atoms in total. The van der Waals surface area contributed by atoms with E-state index in [1.807, 2.05) is 23.9 Å². The van der Waals surface area contributed by atoms with E-state index in [4.69, 9.17) is 23.2 Å². The fraction of sp³-hybridized carbons (Fsp3) is 0.250. The highest BCUT2D eigenvalue weighted by molar-refractivity contribution is 6.42. The average Bonchev–Trinajstić information content (AvgIpc) is 2.80. The molecular formula is C12H13Cl2N3O. The zero-order valence-electron chi connectivity index (χ0n) is 9.82. The highest BCUT2D eigenvalue weighted by Crippen LogP contribution is 2.33. The molecule has 2 rings (SSSR count). The number of aryl methyl sites for hydroxylation is 1. The van der Waals surface area contributed by atoms with Crippen LogP contribution in [0.5, 0.6) is 5.75 Å². The summed E-state index contributed by atoms with van der Waals surface area (Å²) in [5, 5.41) is 17.8. The predicted molar refractivity (Wildman–Crippen MR) is 73.4 cm³/mol. The fourth-order valence-corrected chi connectivity index (χ4v) is 1.86. The molecule has 6 heteroatoms. The minimum absolute atomic E-state index is 0.0688. The second kappa shape index (κ2) is 5.50. The van der Waals surface area contributed by atoms with Crippen LogP contribution >= 0.6 is 23.2 Å². The summed E-state index contributed by atoms with van der Waals surface area (Å²) >= 11 is 11.7. The third kappa shape index (κ3) is 2.89. The zero-order chi connectivity index (χ0) is 13.1. The fourth-order valence-electron chi connectivity index (χ4n) is 1.54. The van der Waals surface area contributed by atoms with Gasteiger partial charge >= 0.3 is 0 Å². The lowest BCUT2D eigenvalue weighted by atomic mass is 10.3. The number of phenolic OH excluding ortho intramolecular Hbond substituents is 1. The summed E-state index contributed by atoms with van der Waals surface area (Å²) in [5.74, 6) is 0.0688. The molecule has 0 spiro atoms. The van der Waals surface area contributed by atoms with E-state index in [9.17, 15) is 5.11 Å². The van der Waals surface area contributed by atoms with E-state index < -0.39 is 0 Å². The van der Waals surface area contributed by atoms with Gasteiger partial charge in [-0.3, -0.25) is 4.68 Å². The van der Waals surface area contributed by atoms with Crippen molar-refractivity contribution in [2.45, 2.75) is 20.0 Å². The average molecular weight is 286 g/mol. The van der Waals surface area contributed by atoms with Gasteiger partial charge < -0.3 is 10.4 Å². The first kappa shape index (κ1) is 13.1. The van der Waals surface area contributed by atoms with Gasteiger partial charge in [0.05, 0.1) is 28.0 Å². The summed E-state index contributed by atoms with van der Waals surface area (Å²) in [6.45, 7) is 3.37. The Morgan fingerprint density at radius 3 is 2.72 bits per heavy atom. The van der Waals surface area contributed by atoms with E-state index >= 15 is 0 Å². The highest BCUT2D eigenvalue weighted by Gasteiger charge is 2.07. The first-order chi connectivity index (χ1) is 8.60. The molecule has 0 atom stereocenters. The lowest BCUT2D eigenvalue weighted by Crippen LogP contribution is -2.02. The minimum atomic E-state index is 0.0688. The number of rotatable bonds is 4. The number of nitrogens with one attached hydrogen (secondary N) is 1. The maximum Gasteiger partial charge on any atom is 0.140 e. The standard InChI is InChI=1S/C12H13Cl2N3O/c1-2-17-4-3-8(16-17)7-15-11-5-9(13)10(14)6-12(11)18/h3-6,15,18H,2,7H2,1H3. The second-order valence-electron chi connectivity index (χ2n) is 3.80. The Balaban J connectivity index is 2.08. The third-order valence-corrected chi connectivity index (χ3v) is 3.24. The number of halogens is 2. The minimum Gasteiger partial charge on any atom is -0.506 e. The Kier molecular flexibility index (Phi) is 3.99. The first-order valence-corrected chi connectivity index (χ1v) is 6.30. The lowest BCUT2D eigenvalue weighted by molar-refractivity contribution is 0.477. The van der Waals surface area contributed by atoms with E-state index in [0.29, 0.717) is 22.3 Å². The van der Waals surface area contributed by atoms with Crippen molar-refractivity contribution >= 4 is 28.9 Å². The molecule has 96 valence electrons. The smallest absolute Gasteiger partial charge is 0.140 e. The van der Waals surface area contributed by atoms with Crippen molar-refractivity contribution in [1.29, 1.82) is 0 Å². The molecule has 0 aliphatic heterocycles. The summed E-state index contributed by atoms with van der Waals surface area (Å²) < 4.78 is 1.84.